The Morgan fingerprint density at radius 2 is 1.95 bits per heavy atom. The number of halogens is 2. The van der Waals surface area contributed by atoms with Gasteiger partial charge in [-0.2, -0.15) is 0 Å². The average molecular weight is 308 g/mol. The van der Waals surface area contributed by atoms with E-state index in [1.165, 1.54) is 12.1 Å². The standard InChI is InChI=1S/C17H19ClFNO/c1-3-6-20-11-14-7-12(4-5-17(14)21-2)13-8-15(18)10-16(19)9-13/h4-5,7-10,20H,3,6,11H2,1-2H3. The molecular weight excluding hydrogens is 289 g/mol. The molecule has 0 amide bonds. The first-order valence-electron chi connectivity index (χ1n) is 6.98. The van der Waals surface area contributed by atoms with Crippen LogP contribution in [0.2, 0.25) is 5.02 Å². The molecule has 0 bridgehead atoms. The third kappa shape index (κ3) is 4.19. The molecule has 0 aliphatic rings. The van der Waals surface area contributed by atoms with Gasteiger partial charge in [0.1, 0.15) is 11.6 Å². The predicted octanol–water partition coefficient (Wildman–Crippen LogP) is 4.65. The second kappa shape index (κ2) is 7.43. The zero-order valence-electron chi connectivity index (χ0n) is 12.2. The van der Waals surface area contributed by atoms with Crippen LogP contribution in [0.25, 0.3) is 11.1 Å². The molecule has 112 valence electrons. The third-order valence-electron chi connectivity index (χ3n) is 3.22. The molecule has 4 heteroatoms. The van der Waals surface area contributed by atoms with Crippen molar-refractivity contribution in [1.82, 2.24) is 5.32 Å². The van der Waals surface area contributed by atoms with Crippen molar-refractivity contribution in [3.63, 3.8) is 0 Å². The van der Waals surface area contributed by atoms with Gasteiger partial charge in [0.05, 0.1) is 7.11 Å². The van der Waals surface area contributed by atoms with Crippen LogP contribution in [-0.2, 0) is 6.54 Å². The SMILES string of the molecule is CCCNCc1cc(-c2cc(F)cc(Cl)c2)ccc1OC. The van der Waals surface area contributed by atoms with Crippen LogP contribution in [0.5, 0.6) is 5.75 Å². The number of benzene rings is 2. The normalized spacial score (nSPS) is 10.7. The summed E-state index contributed by atoms with van der Waals surface area (Å²) in [6.07, 6.45) is 1.07. The van der Waals surface area contributed by atoms with Crippen molar-refractivity contribution in [3.05, 3.63) is 52.8 Å². The highest BCUT2D eigenvalue weighted by molar-refractivity contribution is 6.30. The first-order chi connectivity index (χ1) is 10.1. The lowest BCUT2D eigenvalue weighted by Crippen LogP contribution is -2.14. The minimum absolute atomic E-state index is 0.334. The van der Waals surface area contributed by atoms with Gasteiger partial charge in [0.15, 0.2) is 0 Å². The van der Waals surface area contributed by atoms with E-state index in [9.17, 15) is 4.39 Å². The van der Waals surface area contributed by atoms with Crippen molar-refractivity contribution >= 4 is 11.6 Å². The van der Waals surface area contributed by atoms with E-state index in [4.69, 9.17) is 16.3 Å². The molecule has 0 radical (unpaired) electrons. The zero-order chi connectivity index (χ0) is 15.2. The molecule has 0 unspecified atom stereocenters. The summed E-state index contributed by atoms with van der Waals surface area (Å²) in [5, 5.41) is 3.74. The average Bonchev–Trinajstić information content (AvgIpc) is 2.46. The highest BCUT2D eigenvalue weighted by atomic mass is 35.5. The number of methoxy groups -OCH3 is 1. The van der Waals surface area contributed by atoms with E-state index in [1.807, 2.05) is 18.2 Å². The maximum atomic E-state index is 13.5. The molecule has 0 fully saturated rings. The largest absolute Gasteiger partial charge is 0.496 e. The lowest BCUT2D eigenvalue weighted by molar-refractivity contribution is 0.408. The summed E-state index contributed by atoms with van der Waals surface area (Å²) in [6, 6.07) is 10.4. The number of nitrogens with one attached hydrogen (secondary N) is 1. The van der Waals surface area contributed by atoms with Gasteiger partial charge in [-0.25, -0.2) is 4.39 Å². The van der Waals surface area contributed by atoms with Crippen LogP contribution in [0.1, 0.15) is 18.9 Å². The summed E-state index contributed by atoms with van der Waals surface area (Å²) < 4.78 is 18.9. The van der Waals surface area contributed by atoms with Gasteiger partial charge in [-0.15, -0.1) is 0 Å². The van der Waals surface area contributed by atoms with Crippen molar-refractivity contribution in [2.45, 2.75) is 19.9 Å². The Morgan fingerprint density at radius 3 is 2.62 bits per heavy atom. The third-order valence-corrected chi connectivity index (χ3v) is 3.44. The van der Waals surface area contributed by atoms with E-state index in [1.54, 1.807) is 13.2 Å². The van der Waals surface area contributed by atoms with E-state index < -0.39 is 0 Å². The summed E-state index contributed by atoms with van der Waals surface area (Å²) in [6.45, 7) is 3.78. The van der Waals surface area contributed by atoms with Gasteiger partial charge in [0, 0.05) is 17.1 Å². The van der Waals surface area contributed by atoms with Gasteiger partial charge in [-0.05, 0) is 54.4 Å². The van der Waals surface area contributed by atoms with Crippen LogP contribution in [0.15, 0.2) is 36.4 Å². The highest BCUT2D eigenvalue weighted by Gasteiger charge is 2.07. The Kier molecular flexibility index (Phi) is 5.59. The van der Waals surface area contributed by atoms with Crippen LogP contribution in [0.3, 0.4) is 0 Å². The monoisotopic (exact) mass is 307 g/mol. The van der Waals surface area contributed by atoms with E-state index in [0.717, 1.165) is 35.4 Å². The van der Waals surface area contributed by atoms with Crippen molar-refractivity contribution in [2.75, 3.05) is 13.7 Å². The molecule has 0 aliphatic heterocycles. The van der Waals surface area contributed by atoms with Gasteiger partial charge in [-0.1, -0.05) is 24.6 Å². The molecule has 0 saturated carbocycles. The van der Waals surface area contributed by atoms with E-state index in [-0.39, 0.29) is 5.82 Å². The Morgan fingerprint density at radius 1 is 1.14 bits per heavy atom. The molecule has 0 aliphatic carbocycles. The van der Waals surface area contributed by atoms with E-state index in [2.05, 4.69) is 12.2 Å². The molecular formula is C17H19ClFNO. The second-order valence-electron chi connectivity index (χ2n) is 4.86. The topological polar surface area (TPSA) is 21.3 Å². The molecule has 2 nitrogen and oxygen atoms in total. The van der Waals surface area contributed by atoms with Crippen LogP contribution >= 0.6 is 11.6 Å². The fourth-order valence-electron chi connectivity index (χ4n) is 2.22. The Balaban J connectivity index is 2.33. The van der Waals surface area contributed by atoms with Crippen LogP contribution in [0.4, 0.5) is 4.39 Å². The molecule has 0 atom stereocenters. The number of hydrogen-bond acceptors (Lipinski definition) is 2. The molecule has 2 aromatic carbocycles. The fourth-order valence-corrected chi connectivity index (χ4v) is 2.44. The molecule has 0 aromatic heterocycles. The van der Waals surface area contributed by atoms with Gasteiger partial charge in [0.2, 0.25) is 0 Å². The summed E-state index contributed by atoms with van der Waals surface area (Å²) in [7, 11) is 1.65. The molecule has 21 heavy (non-hydrogen) atoms. The first kappa shape index (κ1) is 15.8. The van der Waals surface area contributed by atoms with Gasteiger partial charge in [0.25, 0.3) is 0 Å². The minimum Gasteiger partial charge on any atom is -0.496 e. The maximum absolute atomic E-state index is 13.5. The first-order valence-corrected chi connectivity index (χ1v) is 7.36. The molecule has 2 aromatic rings. The lowest BCUT2D eigenvalue weighted by Gasteiger charge is -2.12. The highest BCUT2D eigenvalue weighted by Crippen LogP contribution is 2.29. The number of ether oxygens (including phenoxy) is 1. The molecule has 0 spiro atoms. The lowest BCUT2D eigenvalue weighted by atomic mass is 10.0. The summed E-state index contributed by atoms with van der Waals surface area (Å²) in [5.74, 6) is 0.490. The predicted molar refractivity (Wildman–Crippen MR) is 85.4 cm³/mol. The molecule has 0 heterocycles. The van der Waals surface area contributed by atoms with E-state index >= 15 is 0 Å². The minimum atomic E-state index is -0.334. The smallest absolute Gasteiger partial charge is 0.125 e. The van der Waals surface area contributed by atoms with Crippen molar-refractivity contribution < 1.29 is 9.13 Å². The number of hydrogen-bond donors (Lipinski definition) is 1. The molecule has 2 rings (SSSR count). The fraction of sp³-hybridized carbons (Fsp3) is 0.294. The van der Waals surface area contributed by atoms with Crippen LogP contribution in [-0.4, -0.2) is 13.7 Å². The zero-order valence-corrected chi connectivity index (χ0v) is 13.0. The number of rotatable bonds is 6. The molecule has 0 saturated heterocycles. The summed E-state index contributed by atoms with van der Waals surface area (Å²) in [4.78, 5) is 0. The van der Waals surface area contributed by atoms with Gasteiger partial charge in [-0.3, -0.25) is 0 Å². The Hall–Kier alpha value is -1.58. The van der Waals surface area contributed by atoms with E-state index in [0.29, 0.717) is 11.6 Å². The second-order valence-corrected chi connectivity index (χ2v) is 5.30. The Labute approximate surface area is 129 Å². The maximum Gasteiger partial charge on any atom is 0.125 e. The Bertz CT molecular complexity index is 595. The van der Waals surface area contributed by atoms with Gasteiger partial charge < -0.3 is 10.1 Å². The molecule has 1 N–H and O–H groups in total. The van der Waals surface area contributed by atoms with Crippen molar-refractivity contribution in [3.8, 4) is 16.9 Å². The summed E-state index contributed by atoms with van der Waals surface area (Å²) >= 11 is 5.92. The quantitative estimate of drug-likeness (QED) is 0.784. The van der Waals surface area contributed by atoms with Crippen molar-refractivity contribution in [1.29, 1.82) is 0 Å². The van der Waals surface area contributed by atoms with Crippen molar-refractivity contribution in [2.24, 2.45) is 0 Å². The van der Waals surface area contributed by atoms with Crippen LogP contribution < -0.4 is 10.1 Å². The van der Waals surface area contributed by atoms with Gasteiger partial charge >= 0.3 is 0 Å². The summed E-state index contributed by atoms with van der Waals surface area (Å²) in [5.41, 5.74) is 2.73. The van der Waals surface area contributed by atoms with Crippen LogP contribution in [0, 0.1) is 5.82 Å².